The Balaban J connectivity index is 1.89. The second-order valence-corrected chi connectivity index (χ2v) is 5.30. The number of anilines is 1. The number of rotatable bonds is 4. The van der Waals surface area contributed by atoms with Gasteiger partial charge in [-0.05, 0) is 37.6 Å². The summed E-state index contributed by atoms with van der Waals surface area (Å²) >= 11 is 0. The zero-order chi connectivity index (χ0) is 15.5. The number of nitrogens with zero attached hydrogens (tertiary/aromatic N) is 2. The van der Waals surface area contributed by atoms with Crippen molar-refractivity contribution in [1.82, 2.24) is 5.43 Å². The summed E-state index contributed by atoms with van der Waals surface area (Å²) in [7, 11) is 0. The highest BCUT2D eigenvalue weighted by atomic mass is 16.5. The van der Waals surface area contributed by atoms with Crippen LogP contribution in [0.5, 0.6) is 5.75 Å². The summed E-state index contributed by atoms with van der Waals surface area (Å²) in [5, 5.41) is 3.92. The number of hydrogen-bond acceptors (Lipinski definition) is 4. The number of hydrogen-bond donors (Lipinski definition) is 1. The average molecular weight is 297 g/mol. The lowest BCUT2D eigenvalue weighted by Gasteiger charge is -2.17. The van der Waals surface area contributed by atoms with Gasteiger partial charge in [-0.3, -0.25) is 4.79 Å². The van der Waals surface area contributed by atoms with Gasteiger partial charge in [0.2, 0.25) is 5.88 Å². The van der Waals surface area contributed by atoms with E-state index >= 15 is 0 Å². The normalized spacial score (nSPS) is 20.2. The van der Waals surface area contributed by atoms with Crippen LogP contribution in [0.3, 0.4) is 0 Å². The number of fused-ring (bicyclic) bond motifs is 1. The molecule has 2 aliphatic rings. The van der Waals surface area contributed by atoms with Crippen LogP contribution >= 0.6 is 0 Å². The number of amides is 1. The molecule has 0 unspecified atom stereocenters. The van der Waals surface area contributed by atoms with Crippen molar-refractivity contribution in [1.29, 1.82) is 0 Å². The summed E-state index contributed by atoms with van der Waals surface area (Å²) in [6, 6.07) is 7.97. The van der Waals surface area contributed by atoms with Crippen LogP contribution in [0.25, 0.3) is 0 Å². The monoisotopic (exact) mass is 297 g/mol. The number of nitrogens with one attached hydrogen (secondary N) is 1. The van der Waals surface area contributed by atoms with Crippen LogP contribution in [0.15, 0.2) is 53.0 Å². The third kappa shape index (κ3) is 2.62. The minimum Gasteiger partial charge on any atom is -0.439 e. The molecule has 3 rings (SSSR count). The Morgan fingerprint density at radius 3 is 2.86 bits per heavy atom. The van der Waals surface area contributed by atoms with Crippen LogP contribution in [0, 0.1) is 0 Å². The Bertz CT molecular complexity index is 689. The van der Waals surface area contributed by atoms with Crippen LogP contribution in [0.2, 0.25) is 0 Å². The van der Waals surface area contributed by atoms with E-state index in [1.54, 1.807) is 13.0 Å². The smallest absolute Gasteiger partial charge is 0.273 e. The lowest BCUT2D eigenvalue weighted by Crippen LogP contribution is -2.21. The van der Waals surface area contributed by atoms with Gasteiger partial charge in [0.05, 0.1) is 17.0 Å². The summed E-state index contributed by atoms with van der Waals surface area (Å²) in [5.74, 6) is 1.42. The Morgan fingerprint density at radius 2 is 2.14 bits per heavy atom. The van der Waals surface area contributed by atoms with Gasteiger partial charge in [-0.15, -0.1) is 0 Å². The number of allylic oxidation sites excluding steroid dienone is 2. The number of ether oxygens (including phenoxy) is 1. The quantitative estimate of drug-likeness (QED) is 0.869. The van der Waals surface area contributed by atoms with Gasteiger partial charge in [-0.1, -0.05) is 25.5 Å². The molecular formula is C17H19N3O2. The van der Waals surface area contributed by atoms with E-state index < -0.39 is 0 Å². The largest absolute Gasteiger partial charge is 0.439 e. The summed E-state index contributed by atoms with van der Waals surface area (Å²) in [6.07, 6.45) is 5.80. The second kappa shape index (κ2) is 6.05. The third-order valence-corrected chi connectivity index (χ3v) is 3.72. The fourth-order valence-electron chi connectivity index (χ4n) is 2.49. The van der Waals surface area contributed by atoms with Gasteiger partial charge in [-0.2, -0.15) is 5.10 Å². The summed E-state index contributed by atoms with van der Waals surface area (Å²) in [4.78, 5) is 13.8. The molecule has 1 N–H and O–H groups in total. The van der Waals surface area contributed by atoms with E-state index in [4.69, 9.17) is 4.74 Å². The first-order valence-corrected chi connectivity index (χ1v) is 7.52. The first-order chi connectivity index (χ1) is 10.7. The van der Waals surface area contributed by atoms with Gasteiger partial charge >= 0.3 is 0 Å². The van der Waals surface area contributed by atoms with E-state index in [1.165, 1.54) is 0 Å². The topological polar surface area (TPSA) is 53.9 Å². The lowest BCUT2D eigenvalue weighted by molar-refractivity contribution is -0.116. The van der Waals surface area contributed by atoms with Crippen molar-refractivity contribution in [3.8, 4) is 5.75 Å². The number of hydrazone groups is 1. The number of para-hydroxylation sites is 2. The summed E-state index contributed by atoms with van der Waals surface area (Å²) in [5.41, 5.74) is 4.79. The van der Waals surface area contributed by atoms with Crippen molar-refractivity contribution in [2.45, 2.75) is 26.7 Å². The Hall–Kier alpha value is -2.56. The molecule has 1 amide bonds. The number of benzene rings is 1. The van der Waals surface area contributed by atoms with Crippen LogP contribution < -0.4 is 15.1 Å². The molecule has 0 bridgehead atoms. The lowest BCUT2D eigenvalue weighted by atomic mass is 10.1. The molecule has 0 saturated carbocycles. The predicted molar refractivity (Wildman–Crippen MR) is 86.7 cm³/mol. The number of carbonyl (C=O) groups is 1. The zero-order valence-corrected chi connectivity index (χ0v) is 12.8. The molecule has 5 nitrogen and oxygen atoms in total. The van der Waals surface area contributed by atoms with Crippen molar-refractivity contribution in [3.63, 3.8) is 0 Å². The van der Waals surface area contributed by atoms with Crippen LogP contribution in [0.1, 0.15) is 26.7 Å². The maximum Gasteiger partial charge on any atom is 0.273 e. The molecular weight excluding hydrogens is 278 g/mol. The van der Waals surface area contributed by atoms with Crippen molar-refractivity contribution >= 4 is 17.3 Å². The van der Waals surface area contributed by atoms with E-state index in [0.717, 1.165) is 36.7 Å². The molecule has 1 aromatic carbocycles. The fraction of sp³-hybridized carbons (Fsp3) is 0.294. The molecule has 2 heterocycles. The van der Waals surface area contributed by atoms with E-state index in [2.05, 4.69) is 22.4 Å². The molecule has 22 heavy (non-hydrogen) atoms. The highest BCUT2D eigenvalue weighted by molar-refractivity contribution is 6.24. The van der Waals surface area contributed by atoms with E-state index in [-0.39, 0.29) is 5.91 Å². The minimum atomic E-state index is -0.176. The molecule has 0 radical (unpaired) electrons. The van der Waals surface area contributed by atoms with Gasteiger partial charge in [-0.25, -0.2) is 5.43 Å². The third-order valence-electron chi connectivity index (χ3n) is 3.72. The number of carbonyl (C=O) groups excluding carboxylic acids is 1. The van der Waals surface area contributed by atoms with Crippen molar-refractivity contribution in [2.75, 3.05) is 11.4 Å². The van der Waals surface area contributed by atoms with Crippen molar-refractivity contribution < 1.29 is 9.53 Å². The van der Waals surface area contributed by atoms with Gasteiger partial charge in [0, 0.05) is 6.54 Å². The molecule has 0 saturated heterocycles. The van der Waals surface area contributed by atoms with Crippen molar-refractivity contribution in [2.24, 2.45) is 5.10 Å². The van der Waals surface area contributed by atoms with Gasteiger partial charge in [0.25, 0.3) is 5.91 Å². The second-order valence-electron chi connectivity index (χ2n) is 5.30. The highest BCUT2D eigenvalue weighted by Gasteiger charge is 2.25. The Labute approximate surface area is 130 Å². The van der Waals surface area contributed by atoms with Crippen LogP contribution in [-0.2, 0) is 4.79 Å². The highest BCUT2D eigenvalue weighted by Crippen LogP contribution is 2.38. The standard InChI is InChI=1S/C17H19N3O2/c1-3-4-11-20-14-7-5-6-8-15(14)22-16(20)10-9-13-12(2)18-19-17(13)21/h5-10H,3-4,11H2,1-2H3,(H,19,21)/b13-9-,16-10-. The van der Waals surface area contributed by atoms with Gasteiger partial charge in [0.15, 0.2) is 5.75 Å². The molecule has 5 heteroatoms. The van der Waals surface area contributed by atoms with Crippen molar-refractivity contribution in [3.05, 3.63) is 47.9 Å². The zero-order valence-electron chi connectivity index (χ0n) is 12.8. The van der Waals surface area contributed by atoms with Crippen LogP contribution in [0.4, 0.5) is 5.69 Å². The molecule has 0 fully saturated rings. The molecule has 0 aromatic heterocycles. The molecule has 0 atom stereocenters. The molecule has 1 aromatic rings. The van der Waals surface area contributed by atoms with Gasteiger partial charge < -0.3 is 9.64 Å². The molecule has 0 spiro atoms. The average Bonchev–Trinajstić information content (AvgIpc) is 3.03. The summed E-state index contributed by atoms with van der Waals surface area (Å²) < 4.78 is 5.92. The SMILES string of the molecule is CCCCN1/C(=C/C=C2\C(=O)NN=C2C)Oc2ccccc21. The van der Waals surface area contributed by atoms with Gasteiger partial charge in [0.1, 0.15) is 0 Å². The first-order valence-electron chi connectivity index (χ1n) is 7.52. The van der Waals surface area contributed by atoms with E-state index in [9.17, 15) is 4.79 Å². The predicted octanol–water partition coefficient (Wildman–Crippen LogP) is 2.96. The summed E-state index contributed by atoms with van der Waals surface area (Å²) in [6.45, 7) is 4.86. The Kier molecular flexibility index (Phi) is 3.96. The Morgan fingerprint density at radius 1 is 1.32 bits per heavy atom. The maximum atomic E-state index is 11.7. The van der Waals surface area contributed by atoms with E-state index in [1.807, 2.05) is 30.3 Å². The fourth-order valence-corrected chi connectivity index (χ4v) is 2.49. The number of unbranched alkanes of at least 4 members (excludes halogenated alkanes) is 1. The first kappa shape index (κ1) is 14.4. The molecule has 114 valence electrons. The maximum absolute atomic E-state index is 11.7. The van der Waals surface area contributed by atoms with Crippen LogP contribution in [-0.4, -0.2) is 18.2 Å². The van der Waals surface area contributed by atoms with E-state index in [0.29, 0.717) is 11.3 Å². The minimum absolute atomic E-state index is 0.176. The molecule has 2 aliphatic heterocycles. The molecule has 0 aliphatic carbocycles.